The molecule has 29 heavy (non-hydrogen) atoms. The van der Waals surface area contributed by atoms with Gasteiger partial charge in [-0.1, -0.05) is 0 Å². The normalized spacial score (nSPS) is 19.1. The Morgan fingerprint density at radius 3 is 2.38 bits per heavy atom. The molecule has 3 rings (SSSR count). The molecule has 2 amide bonds. The van der Waals surface area contributed by atoms with E-state index in [1.165, 1.54) is 22.2 Å². The molecule has 2 saturated heterocycles. The van der Waals surface area contributed by atoms with Crippen LogP contribution in [0.5, 0.6) is 5.88 Å². The van der Waals surface area contributed by atoms with E-state index in [2.05, 4.69) is 9.97 Å². The highest BCUT2D eigenvalue weighted by atomic mass is 32.2. The summed E-state index contributed by atoms with van der Waals surface area (Å²) in [5, 5.41) is 0. The van der Waals surface area contributed by atoms with Gasteiger partial charge in [0.2, 0.25) is 21.8 Å². The summed E-state index contributed by atoms with van der Waals surface area (Å²) in [5.41, 5.74) is -0.547. The van der Waals surface area contributed by atoms with Crippen molar-refractivity contribution < 1.29 is 27.5 Å². The molecule has 2 aliphatic rings. The molecule has 12 heteroatoms. The summed E-state index contributed by atoms with van der Waals surface area (Å²) in [4.78, 5) is 35.5. The molecule has 0 spiro atoms. The third-order valence-corrected chi connectivity index (χ3v) is 5.58. The van der Waals surface area contributed by atoms with E-state index < -0.39 is 15.6 Å². The number of rotatable bonds is 4. The van der Waals surface area contributed by atoms with Gasteiger partial charge in [0.05, 0.1) is 38.3 Å². The van der Waals surface area contributed by atoms with Crippen LogP contribution in [0.25, 0.3) is 0 Å². The molecule has 0 N–H and O–H groups in total. The van der Waals surface area contributed by atoms with Crippen molar-refractivity contribution in [2.75, 3.05) is 43.9 Å². The van der Waals surface area contributed by atoms with Crippen LogP contribution < -0.4 is 9.64 Å². The van der Waals surface area contributed by atoms with E-state index in [9.17, 15) is 18.0 Å². The largest absolute Gasteiger partial charge is 0.469 e. The average Bonchev–Trinajstić information content (AvgIpc) is 2.56. The number of likely N-dealkylation sites (tertiary alicyclic amines) is 1. The molecule has 0 saturated carbocycles. The highest BCUT2D eigenvalue weighted by Gasteiger charge is 2.35. The number of hydrogen-bond donors (Lipinski definition) is 0. The van der Waals surface area contributed by atoms with E-state index in [0.29, 0.717) is 18.9 Å². The molecule has 0 bridgehead atoms. The number of carbonyl (C=O) groups excluding carboxylic acids is 2. The van der Waals surface area contributed by atoms with Crippen LogP contribution in [-0.4, -0.2) is 90.3 Å². The zero-order valence-corrected chi connectivity index (χ0v) is 17.7. The maximum atomic E-state index is 12.2. The number of anilines is 1. The van der Waals surface area contributed by atoms with Crippen LogP contribution in [0.2, 0.25) is 0 Å². The molecule has 0 unspecified atom stereocenters. The summed E-state index contributed by atoms with van der Waals surface area (Å²) >= 11 is 0. The van der Waals surface area contributed by atoms with Gasteiger partial charge in [-0.15, -0.1) is 0 Å². The van der Waals surface area contributed by atoms with Gasteiger partial charge in [-0.25, -0.2) is 23.2 Å². The fourth-order valence-corrected chi connectivity index (χ4v) is 3.60. The van der Waals surface area contributed by atoms with Crippen LogP contribution in [-0.2, 0) is 19.6 Å². The van der Waals surface area contributed by atoms with Crippen LogP contribution in [0.15, 0.2) is 12.4 Å². The lowest BCUT2D eigenvalue weighted by molar-refractivity contribution is -0.120. The van der Waals surface area contributed by atoms with Gasteiger partial charge in [0.25, 0.3) is 0 Å². The molecule has 2 fully saturated rings. The quantitative estimate of drug-likeness (QED) is 0.662. The number of amides is 2. The van der Waals surface area contributed by atoms with Crippen molar-refractivity contribution >= 4 is 27.8 Å². The van der Waals surface area contributed by atoms with Gasteiger partial charge in [-0.05, 0) is 20.8 Å². The topological polar surface area (TPSA) is 122 Å². The number of carbonyl (C=O) groups is 2. The first kappa shape index (κ1) is 21.2. The zero-order chi connectivity index (χ0) is 21.4. The summed E-state index contributed by atoms with van der Waals surface area (Å²) < 4.78 is 35.2. The van der Waals surface area contributed by atoms with Gasteiger partial charge in [0.15, 0.2) is 5.82 Å². The van der Waals surface area contributed by atoms with Gasteiger partial charge in [-0.2, -0.15) is 4.31 Å². The lowest BCUT2D eigenvalue weighted by Gasteiger charge is -2.39. The van der Waals surface area contributed by atoms with Crippen molar-refractivity contribution in [1.82, 2.24) is 19.2 Å². The smallest absolute Gasteiger partial charge is 0.410 e. The number of piperazine rings is 1. The monoisotopic (exact) mass is 427 g/mol. The first-order chi connectivity index (χ1) is 13.4. The minimum Gasteiger partial charge on any atom is -0.469 e. The van der Waals surface area contributed by atoms with Gasteiger partial charge >= 0.3 is 6.09 Å². The Morgan fingerprint density at radius 1 is 1.17 bits per heavy atom. The third kappa shape index (κ3) is 5.32. The second-order valence-corrected chi connectivity index (χ2v) is 9.96. The Bertz CT molecular complexity index is 877. The Balaban J connectivity index is 1.51. The fourth-order valence-electron chi connectivity index (χ4n) is 2.85. The minimum atomic E-state index is -3.41. The van der Waals surface area contributed by atoms with Gasteiger partial charge < -0.3 is 14.4 Å². The lowest BCUT2D eigenvalue weighted by atomic mass is 10.2. The van der Waals surface area contributed by atoms with Crippen molar-refractivity contribution in [3.05, 3.63) is 12.4 Å². The lowest BCUT2D eigenvalue weighted by Crippen LogP contribution is -2.57. The number of aromatic nitrogens is 2. The second-order valence-electron chi connectivity index (χ2n) is 7.98. The summed E-state index contributed by atoms with van der Waals surface area (Å²) in [6.07, 6.45) is 3.30. The van der Waals surface area contributed by atoms with Gasteiger partial charge in [0.1, 0.15) is 11.7 Å². The Morgan fingerprint density at radius 2 is 1.86 bits per heavy atom. The first-order valence-corrected chi connectivity index (χ1v) is 11.0. The fraction of sp³-hybridized carbons (Fsp3) is 0.647. The van der Waals surface area contributed by atoms with E-state index in [0.717, 1.165) is 10.6 Å². The van der Waals surface area contributed by atoms with Crippen LogP contribution in [0.1, 0.15) is 20.8 Å². The third-order valence-electron chi connectivity index (χ3n) is 4.33. The molecule has 0 aliphatic carbocycles. The summed E-state index contributed by atoms with van der Waals surface area (Å²) in [6.45, 7) is 6.39. The van der Waals surface area contributed by atoms with E-state index in [-0.39, 0.29) is 43.6 Å². The SMILES string of the molecule is CC(C)(C)OC(=O)N1CC(Oc2cnc(N3CCN(S(C)(=O)=O)CC3=O)cn2)C1. The van der Waals surface area contributed by atoms with Crippen molar-refractivity contribution in [3.63, 3.8) is 0 Å². The minimum absolute atomic E-state index is 0.201. The maximum absolute atomic E-state index is 12.2. The van der Waals surface area contributed by atoms with Gasteiger partial charge in [0, 0.05) is 13.1 Å². The molecule has 1 aromatic rings. The number of ether oxygens (including phenoxy) is 2. The molecule has 0 aromatic carbocycles. The van der Waals surface area contributed by atoms with Crippen LogP contribution >= 0.6 is 0 Å². The summed E-state index contributed by atoms with van der Waals surface area (Å²) in [7, 11) is -3.41. The predicted octanol–water partition coefficient (Wildman–Crippen LogP) is 0.0829. The van der Waals surface area contributed by atoms with E-state index in [1.54, 1.807) is 0 Å². The average molecular weight is 427 g/mol. The van der Waals surface area contributed by atoms with Crippen LogP contribution in [0, 0.1) is 0 Å². The highest BCUT2D eigenvalue weighted by Crippen LogP contribution is 2.21. The maximum Gasteiger partial charge on any atom is 0.410 e. The zero-order valence-electron chi connectivity index (χ0n) is 16.9. The van der Waals surface area contributed by atoms with E-state index >= 15 is 0 Å². The predicted molar refractivity (Wildman–Crippen MR) is 103 cm³/mol. The number of hydrogen-bond acceptors (Lipinski definition) is 8. The van der Waals surface area contributed by atoms with Crippen molar-refractivity contribution in [2.45, 2.75) is 32.5 Å². The highest BCUT2D eigenvalue weighted by molar-refractivity contribution is 7.88. The molecular formula is C17H25N5O6S. The molecule has 0 radical (unpaired) electrons. The standard InChI is InChI=1S/C17H25N5O6S/c1-17(2,3)28-16(24)20-9-12(10-20)27-14-8-18-13(7-19-14)22-6-5-21(11-15(22)23)29(4,25)26/h7-8,12H,5-6,9-11H2,1-4H3. The van der Waals surface area contributed by atoms with E-state index in [1.807, 2.05) is 20.8 Å². The number of sulfonamides is 1. The molecular weight excluding hydrogens is 402 g/mol. The van der Waals surface area contributed by atoms with Crippen molar-refractivity contribution in [1.29, 1.82) is 0 Å². The van der Waals surface area contributed by atoms with Crippen molar-refractivity contribution in [3.8, 4) is 5.88 Å². The molecule has 11 nitrogen and oxygen atoms in total. The molecule has 0 atom stereocenters. The molecule has 2 aliphatic heterocycles. The van der Waals surface area contributed by atoms with Crippen LogP contribution in [0.3, 0.4) is 0 Å². The number of nitrogens with zero attached hydrogens (tertiary/aromatic N) is 5. The van der Waals surface area contributed by atoms with Crippen LogP contribution in [0.4, 0.5) is 10.6 Å². The Hall–Kier alpha value is -2.47. The van der Waals surface area contributed by atoms with Crippen molar-refractivity contribution in [2.24, 2.45) is 0 Å². The summed E-state index contributed by atoms with van der Waals surface area (Å²) in [5.74, 6) is 0.251. The summed E-state index contributed by atoms with van der Waals surface area (Å²) in [6, 6.07) is 0. The second kappa shape index (κ2) is 7.75. The molecule has 1 aromatic heterocycles. The molecule has 160 valence electrons. The van der Waals surface area contributed by atoms with Gasteiger partial charge in [-0.3, -0.25) is 9.69 Å². The van der Waals surface area contributed by atoms with E-state index in [4.69, 9.17) is 9.47 Å². The molecule has 3 heterocycles. The first-order valence-electron chi connectivity index (χ1n) is 9.14. The Labute approximate surface area is 169 Å². The Kier molecular flexibility index (Phi) is 5.68.